The summed E-state index contributed by atoms with van der Waals surface area (Å²) in [6.07, 6.45) is 2.88. The van der Waals surface area contributed by atoms with E-state index in [2.05, 4.69) is 10.3 Å². The quantitative estimate of drug-likeness (QED) is 0.860. The van der Waals surface area contributed by atoms with Crippen LogP contribution in [0.2, 0.25) is 0 Å². The number of hydrogen-bond acceptors (Lipinski definition) is 2. The van der Waals surface area contributed by atoms with E-state index in [0.717, 1.165) is 35.3 Å². The van der Waals surface area contributed by atoms with E-state index in [-0.39, 0.29) is 5.91 Å². The molecule has 1 N–H and O–H groups in total. The summed E-state index contributed by atoms with van der Waals surface area (Å²) in [6, 6.07) is 6.40. The molecular weight excluding hydrogens is 274 g/mol. The first-order valence-corrected chi connectivity index (χ1v) is 7.52. The van der Waals surface area contributed by atoms with Gasteiger partial charge in [0.2, 0.25) is 5.91 Å². The van der Waals surface area contributed by atoms with Crippen molar-refractivity contribution in [2.45, 2.75) is 38.8 Å². The fourth-order valence-corrected chi connectivity index (χ4v) is 2.67. The van der Waals surface area contributed by atoms with E-state index in [1.54, 1.807) is 0 Å². The minimum atomic E-state index is 0.0610. The second-order valence-corrected chi connectivity index (χ2v) is 5.72. The van der Waals surface area contributed by atoms with Gasteiger partial charge in [-0.1, -0.05) is 12.1 Å². The Hall–Kier alpha value is -1.55. The van der Waals surface area contributed by atoms with Crippen molar-refractivity contribution < 1.29 is 4.79 Å². The van der Waals surface area contributed by atoms with Gasteiger partial charge in [0.15, 0.2) is 0 Å². The predicted molar refractivity (Wildman–Crippen MR) is 80.1 cm³/mol. The highest BCUT2D eigenvalue weighted by atomic mass is 35.5. The van der Waals surface area contributed by atoms with E-state index in [1.807, 2.05) is 29.7 Å². The molecule has 106 valence electrons. The van der Waals surface area contributed by atoms with Gasteiger partial charge in [0.1, 0.15) is 12.4 Å². The Labute approximate surface area is 123 Å². The normalized spacial score (nSPS) is 14.7. The summed E-state index contributed by atoms with van der Waals surface area (Å²) in [6.45, 7) is 2.37. The van der Waals surface area contributed by atoms with Crippen LogP contribution in [-0.4, -0.2) is 27.4 Å². The number of hydrogen-bond donors (Lipinski definition) is 1. The average Bonchev–Trinajstić information content (AvgIpc) is 3.14. The summed E-state index contributed by atoms with van der Waals surface area (Å²) in [7, 11) is 0. The number of halogens is 1. The topological polar surface area (TPSA) is 46.9 Å². The maximum atomic E-state index is 12.1. The fourth-order valence-electron chi connectivity index (χ4n) is 2.50. The molecule has 0 spiro atoms. The molecular formula is C15H18ClN3O. The molecule has 0 radical (unpaired) electrons. The molecule has 0 unspecified atom stereocenters. The molecule has 0 bridgehead atoms. The zero-order valence-electron chi connectivity index (χ0n) is 11.5. The number of alkyl halides is 1. The molecule has 1 aliphatic carbocycles. The number of aromatic nitrogens is 2. The smallest absolute Gasteiger partial charge is 0.240 e. The summed E-state index contributed by atoms with van der Waals surface area (Å²) in [5, 5.41) is 3.03. The molecule has 0 aliphatic heterocycles. The highest BCUT2D eigenvalue weighted by Gasteiger charge is 2.24. The third-order valence-corrected chi connectivity index (χ3v) is 3.80. The van der Waals surface area contributed by atoms with Crippen LogP contribution in [0.1, 0.15) is 24.2 Å². The van der Waals surface area contributed by atoms with Gasteiger partial charge in [0, 0.05) is 18.3 Å². The molecule has 0 atom stereocenters. The van der Waals surface area contributed by atoms with E-state index in [4.69, 9.17) is 11.6 Å². The van der Waals surface area contributed by atoms with Crippen LogP contribution < -0.4 is 5.32 Å². The van der Waals surface area contributed by atoms with Crippen molar-refractivity contribution in [3.05, 3.63) is 29.6 Å². The average molecular weight is 292 g/mol. The van der Waals surface area contributed by atoms with Gasteiger partial charge in [-0.15, -0.1) is 11.6 Å². The van der Waals surface area contributed by atoms with E-state index >= 15 is 0 Å². The molecule has 4 nitrogen and oxygen atoms in total. The van der Waals surface area contributed by atoms with Crippen molar-refractivity contribution in [3.63, 3.8) is 0 Å². The first kappa shape index (κ1) is 13.4. The minimum absolute atomic E-state index is 0.0610. The van der Waals surface area contributed by atoms with Crippen LogP contribution in [0.15, 0.2) is 18.2 Å². The first-order chi connectivity index (χ1) is 9.69. The van der Waals surface area contributed by atoms with Crippen LogP contribution in [-0.2, 0) is 17.8 Å². The molecule has 1 aromatic heterocycles. The number of imidazole rings is 1. The van der Waals surface area contributed by atoms with Crippen LogP contribution in [0.4, 0.5) is 0 Å². The molecule has 5 heteroatoms. The Morgan fingerprint density at radius 1 is 1.50 bits per heavy atom. The van der Waals surface area contributed by atoms with Crippen LogP contribution in [0, 0.1) is 6.92 Å². The molecule has 1 heterocycles. The number of para-hydroxylation sites is 1. The lowest BCUT2D eigenvalue weighted by molar-refractivity contribution is -0.121. The third kappa shape index (κ3) is 2.66. The summed E-state index contributed by atoms with van der Waals surface area (Å²) >= 11 is 5.85. The van der Waals surface area contributed by atoms with E-state index < -0.39 is 0 Å². The van der Waals surface area contributed by atoms with E-state index in [1.165, 1.54) is 0 Å². The molecule has 0 saturated heterocycles. The second-order valence-electron chi connectivity index (χ2n) is 5.34. The molecule has 20 heavy (non-hydrogen) atoms. The fraction of sp³-hybridized carbons (Fsp3) is 0.467. The second kappa shape index (κ2) is 5.44. The van der Waals surface area contributed by atoms with Crippen molar-refractivity contribution >= 4 is 28.5 Å². The number of nitrogens with one attached hydrogen (secondary N) is 1. The Morgan fingerprint density at radius 3 is 3.00 bits per heavy atom. The summed E-state index contributed by atoms with van der Waals surface area (Å²) in [5.41, 5.74) is 3.11. The predicted octanol–water partition coefficient (Wildman–Crippen LogP) is 2.40. The summed E-state index contributed by atoms with van der Waals surface area (Å²) in [5.74, 6) is 1.45. The number of carbonyl (C=O) groups excluding carboxylic acids is 1. The Kier molecular flexibility index (Phi) is 3.66. The molecule has 1 aliphatic rings. The highest BCUT2D eigenvalue weighted by molar-refractivity contribution is 6.17. The molecule has 1 amide bonds. The standard InChI is InChI=1S/C15H18ClN3O/c1-10-3-2-4-12-15(10)19(13(18-12)7-8-16)9-14(20)17-11-5-6-11/h2-4,11H,5-9H2,1H3,(H,17,20). The summed E-state index contributed by atoms with van der Waals surface area (Å²) in [4.78, 5) is 16.7. The van der Waals surface area contributed by atoms with E-state index in [9.17, 15) is 4.79 Å². The van der Waals surface area contributed by atoms with Crippen molar-refractivity contribution in [2.24, 2.45) is 0 Å². The minimum Gasteiger partial charge on any atom is -0.352 e. The summed E-state index contributed by atoms with van der Waals surface area (Å²) < 4.78 is 2.00. The number of amides is 1. The number of benzene rings is 1. The highest BCUT2D eigenvalue weighted by Crippen LogP contribution is 2.22. The van der Waals surface area contributed by atoms with E-state index in [0.29, 0.717) is 24.9 Å². The van der Waals surface area contributed by atoms with Crippen LogP contribution >= 0.6 is 11.6 Å². The first-order valence-electron chi connectivity index (χ1n) is 6.99. The SMILES string of the molecule is Cc1cccc2nc(CCCl)n(CC(=O)NC3CC3)c12. The van der Waals surface area contributed by atoms with Gasteiger partial charge >= 0.3 is 0 Å². The molecule has 2 aromatic rings. The number of carbonyl (C=O) groups is 1. The number of fused-ring (bicyclic) bond motifs is 1. The lowest BCUT2D eigenvalue weighted by atomic mass is 10.2. The zero-order chi connectivity index (χ0) is 14.1. The molecule has 3 rings (SSSR count). The van der Waals surface area contributed by atoms with Crippen molar-refractivity contribution in [1.82, 2.24) is 14.9 Å². The van der Waals surface area contributed by atoms with Crippen molar-refractivity contribution in [3.8, 4) is 0 Å². The third-order valence-electron chi connectivity index (χ3n) is 3.61. The Morgan fingerprint density at radius 2 is 2.30 bits per heavy atom. The number of aryl methyl sites for hydroxylation is 2. The van der Waals surface area contributed by atoms with Gasteiger partial charge in [-0.05, 0) is 31.4 Å². The number of rotatable bonds is 5. The molecule has 1 fully saturated rings. The van der Waals surface area contributed by atoms with Gasteiger partial charge in [-0.25, -0.2) is 4.98 Å². The van der Waals surface area contributed by atoms with Crippen molar-refractivity contribution in [2.75, 3.05) is 5.88 Å². The van der Waals surface area contributed by atoms with Gasteiger partial charge in [-0.3, -0.25) is 4.79 Å². The Balaban J connectivity index is 1.96. The maximum absolute atomic E-state index is 12.1. The van der Waals surface area contributed by atoms with Crippen molar-refractivity contribution in [1.29, 1.82) is 0 Å². The van der Waals surface area contributed by atoms with Crippen LogP contribution in [0.25, 0.3) is 11.0 Å². The Bertz CT molecular complexity index is 646. The maximum Gasteiger partial charge on any atom is 0.240 e. The lowest BCUT2D eigenvalue weighted by Gasteiger charge is -2.10. The molecule has 1 saturated carbocycles. The lowest BCUT2D eigenvalue weighted by Crippen LogP contribution is -2.30. The van der Waals surface area contributed by atoms with Gasteiger partial charge in [0.25, 0.3) is 0 Å². The van der Waals surface area contributed by atoms with Gasteiger partial charge < -0.3 is 9.88 Å². The van der Waals surface area contributed by atoms with Gasteiger partial charge in [0.05, 0.1) is 11.0 Å². The van der Waals surface area contributed by atoms with Crippen LogP contribution in [0.5, 0.6) is 0 Å². The largest absolute Gasteiger partial charge is 0.352 e. The zero-order valence-corrected chi connectivity index (χ0v) is 12.3. The molecule has 1 aromatic carbocycles. The van der Waals surface area contributed by atoms with Gasteiger partial charge in [-0.2, -0.15) is 0 Å². The monoisotopic (exact) mass is 291 g/mol. The van der Waals surface area contributed by atoms with Crippen LogP contribution in [0.3, 0.4) is 0 Å². The number of nitrogens with zero attached hydrogens (tertiary/aromatic N) is 2.